The normalized spacial score (nSPS) is 26.5. The van der Waals surface area contributed by atoms with Gasteiger partial charge in [-0.2, -0.15) is 0 Å². The summed E-state index contributed by atoms with van der Waals surface area (Å²) >= 11 is 0. The third-order valence-electron chi connectivity index (χ3n) is 4.17. The Balaban J connectivity index is 1.72. The van der Waals surface area contributed by atoms with Gasteiger partial charge in [-0.3, -0.25) is 0 Å². The molecule has 5 heteroatoms. The molecule has 2 aliphatic carbocycles. The van der Waals surface area contributed by atoms with Gasteiger partial charge in [0.05, 0.1) is 0 Å². The average molecular weight is 297 g/mol. The molecule has 5 nitrogen and oxygen atoms in total. The molecule has 2 fully saturated rings. The summed E-state index contributed by atoms with van der Waals surface area (Å²) in [4.78, 5) is 14.1. The summed E-state index contributed by atoms with van der Waals surface area (Å²) in [5.74, 6) is 0. The monoisotopic (exact) mass is 297 g/mol. The van der Waals surface area contributed by atoms with E-state index in [-0.39, 0.29) is 6.09 Å². The van der Waals surface area contributed by atoms with Crippen molar-refractivity contribution in [3.8, 4) is 0 Å². The highest BCUT2D eigenvalue weighted by Gasteiger charge is 2.34. The number of hydrogen-bond acceptors (Lipinski definition) is 4. The summed E-state index contributed by atoms with van der Waals surface area (Å²) in [5.41, 5.74) is 5.50. The highest BCUT2D eigenvalue weighted by atomic mass is 16.6. The lowest BCUT2D eigenvalue weighted by molar-refractivity contribution is 0.0234. The number of amides is 1. The number of rotatable bonds is 5. The van der Waals surface area contributed by atoms with Crippen molar-refractivity contribution in [1.29, 1.82) is 0 Å². The molecule has 0 unspecified atom stereocenters. The number of carbonyl (C=O) groups excluding carboxylic acids is 1. The van der Waals surface area contributed by atoms with Crippen molar-refractivity contribution >= 4 is 6.09 Å². The lowest BCUT2D eigenvalue weighted by Crippen LogP contribution is -2.44. The zero-order chi connectivity index (χ0) is 15.5. The van der Waals surface area contributed by atoms with Gasteiger partial charge >= 0.3 is 6.09 Å². The van der Waals surface area contributed by atoms with Crippen LogP contribution < -0.4 is 11.1 Å². The van der Waals surface area contributed by atoms with Crippen LogP contribution in [0.25, 0.3) is 0 Å². The number of nitrogens with one attached hydrogen (secondary N) is 1. The van der Waals surface area contributed by atoms with E-state index >= 15 is 0 Å². The first-order valence-electron chi connectivity index (χ1n) is 8.34. The van der Waals surface area contributed by atoms with Gasteiger partial charge in [0.2, 0.25) is 0 Å². The van der Waals surface area contributed by atoms with E-state index in [0.29, 0.717) is 18.1 Å². The number of nitrogens with two attached hydrogens (primary N) is 1. The van der Waals surface area contributed by atoms with E-state index in [2.05, 4.69) is 5.32 Å². The van der Waals surface area contributed by atoms with Gasteiger partial charge in [0.1, 0.15) is 5.60 Å². The minimum Gasteiger partial charge on any atom is -0.444 e. The molecule has 0 atom stereocenters. The lowest BCUT2D eigenvalue weighted by atomic mass is 9.92. The Labute approximate surface area is 128 Å². The molecule has 0 bridgehead atoms. The van der Waals surface area contributed by atoms with Crippen molar-refractivity contribution in [3.05, 3.63) is 0 Å². The molecule has 0 spiro atoms. The number of nitrogens with zero attached hydrogens (tertiary/aromatic N) is 1. The maximum absolute atomic E-state index is 12.2. The summed E-state index contributed by atoms with van der Waals surface area (Å²) in [6.07, 6.45) is 6.56. The first kappa shape index (κ1) is 16.6. The third-order valence-corrected chi connectivity index (χ3v) is 4.17. The largest absolute Gasteiger partial charge is 0.444 e. The maximum Gasteiger partial charge on any atom is 0.410 e. The summed E-state index contributed by atoms with van der Waals surface area (Å²) in [6.45, 7) is 7.33. The molecular weight excluding hydrogens is 266 g/mol. The fourth-order valence-corrected chi connectivity index (χ4v) is 2.84. The van der Waals surface area contributed by atoms with Crippen molar-refractivity contribution in [2.24, 2.45) is 5.73 Å². The Morgan fingerprint density at radius 2 is 1.81 bits per heavy atom. The second kappa shape index (κ2) is 6.97. The van der Waals surface area contributed by atoms with Crippen molar-refractivity contribution in [2.75, 3.05) is 13.1 Å². The fraction of sp³-hybridized carbons (Fsp3) is 0.938. The van der Waals surface area contributed by atoms with Crippen LogP contribution in [0.1, 0.15) is 59.3 Å². The minimum atomic E-state index is -0.419. The molecule has 0 aromatic heterocycles. The third kappa shape index (κ3) is 5.83. The van der Waals surface area contributed by atoms with E-state index in [4.69, 9.17) is 10.5 Å². The molecule has 2 aliphatic rings. The Morgan fingerprint density at radius 1 is 1.19 bits per heavy atom. The molecule has 0 aromatic rings. The second-order valence-corrected chi connectivity index (χ2v) is 7.47. The van der Waals surface area contributed by atoms with Gasteiger partial charge in [-0.05, 0) is 59.3 Å². The molecule has 0 heterocycles. The Hall–Kier alpha value is -0.810. The van der Waals surface area contributed by atoms with Crippen molar-refractivity contribution in [3.63, 3.8) is 0 Å². The number of ether oxygens (including phenoxy) is 1. The van der Waals surface area contributed by atoms with Crippen molar-refractivity contribution < 1.29 is 9.53 Å². The quantitative estimate of drug-likeness (QED) is 0.816. The van der Waals surface area contributed by atoms with Gasteiger partial charge in [-0.1, -0.05) is 0 Å². The predicted molar refractivity (Wildman–Crippen MR) is 84.2 cm³/mol. The van der Waals surface area contributed by atoms with Crippen LogP contribution in [0.4, 0.5) is 4.79 Å². The molecule has 0 radical (unpaired) electrons. The molecule has 122 valence electrons. The van der Waals surface area contributed by atoms with Crippen LogP contribution in [0.3, 0.4) is 0 Å². The molecule has 21 heavy (non-hydrogen) atoms. The van der Waals surface area contributed by atoms with E-state index in [1.54, 1.807) is 0 Å². The standard InChI is InChI=1S/C16H31N3O2/c1-16(2,3)21-15(20)19(14-8-9-14)11-10-18-13-6-4-12(17)5-7-13/h12-14,18H,4-11,17H2,1-3H3. The van der Waals surface area contributed by atoms with Crippen LogP contribution in [-0.4, -0.2) is 47.8 Å². The fourth-order valence-electron chi connectivity index (χ4n) is 2.84. The van der Waals surface area contributed by atoms with E-state index in [0.717, 1.165) is 51.6 Å². The summed E-state index contributed by atoms with van der Waals surface area (Å²) < 4.78 is 5.50. The zero-order valence-electron chi connectivity index (χ0n) is 13.7. The van der Waals surface area contributed by atoms with E-state index in [9.17, 15) is 4.79 Å². The SMILES string of the molecule is CC(C)(C)OC(=O)N(CCNC1CCC(N)CC1)C1CC1. The Kier molecular flexibility index (Phi) is 5.49. The molecule has 0 aliphatic heterocycles. The topological polar surface area (TPSA) is 67.6 Å². The summed E-state index contributed by atoms with van der Waals surface area (Å²) in [7, 11) is 0. The highest BCUT2D eigenvalue weighted by molar-refractivity contribution is 5.69. The van der Waals surface area contributed by atoms with Gasteiger partial charge in [0.25, 0.3) is 0 Å². The first-order valence-corrected chi connectivity index (χ1v) is 8.34. The molecule has 2 rings (SSSR count). The molecule has 3 N–H and O–H groups in total. The van der Waals surface area contributed by atoms with Gasteiger partial charge in [0.15, 0.2) is 0 Å². The van der Waals surface area contributed by atoms with Gasteiger partial charge in [-0.25, -0.2) is 4.79 Å². The number of carbonyl (C=O) groups is 1. The zero-order valence-corrected chi connectivity index (χ0v) is 13.7. The van der Waals surface area contributed by atoms with Gasteiger partial charge in [0, 0.05) is 31.2 Å². The van der Waals surface area contributed by atoms with E-state index < -0.39 is 5.60 Å². The van der Waals surface area contributed by atoms with E-state index in [1.165, 1.54) is 0 Å². The lowest BCUT2D eigenvalue weighted by Gasteiger charge is -2.30. The predicted octanol–water partition coefficient (Wildman–Crippen LogP) is 2.25. The molecule has 0 aromatic carbocycles. The van der Waals surface area contributed by atoms with Crippen LogP contribution in [0.2, 0.25) is 0 Å². The Bertz CT molecular complexity index is 342. The van der Waals surface area contributed by atoms with Crippen LogP contribution in [0, 0.1) is 0 Å². The van der Waals surface area contributed by atoms with Gasteiger partial charge < -0.3 is 20.7 Å². The molecular formula is C16H31N3O2. The average Bonchev–Trinajstić information content (AvgIpc) is 3.19. The van der Waals surface area contributed by atoms with Crippen LogP contribution >= 0.6 is 0 Å². The first-order chi connectivity index (χ1) is 9.85. The van der Waals surface area contributed by atoms with E-state index in [1.807, 2.05) is 25.7 Å². The smallest absolute Gasteiger partial charge is 0.410 e. The van der Waals surface area contributed by atoms with Gasteiger partial charge in [-0.15, -0.1) is 0 Å². The molecule has 1 amide bonds. The summed E-state index contributed by atoms with van der Waals surface area (Å²) in [6, 6.07) is 1.33. The summed E-state index contributed by atoms with van der Waals surface area (Å²) in [5, 5.41) is 3.57. The highest BCUT2D eigenvalue weighted by Crippen LogP contribution is 2.28. The minimum absolute atomic E-state index is 0.169. The van der Waals surface area contributed by atoms with Crippen LogP contribution in [0.5, 0.6) is 0 Å². The number of hydrogen-bond donors (Lipinski definition) is 2. The second-order valence-electron chi connectivity index (χ2n) is 7.47. The van der Waals surface area contributed by atoms with Crippen molar-refractivity contribution in [2.45, 2.75) is 83.0 Å². The maximum atomic E-state index is 12.2. The Morgan fingerprint density at radius 3 is 2.33 bits per heavy atom. The van der Waals surface area contributed by atoms with Crippen LogP contribution in [0.15, 0.2) is 0 Å². The molecule has 0 saturated heterocycles. The van der Waals surface area contributed by atoms with Crippen LogP contribution in [-0.2, 0) is 4.74 Å². The van der Waals surface area contributed by atoms with Crippen molar-refractivity contribution in [1.82, 2.24) is 10.2 Å². The molecule has 2 saturated carbocycles.